The van der Waals surface area contributed by atoms with Crippen LogP contribution in [-0.2, 0) is 0 Å². The Balaban J connectivity index is 1.92. The largest absolute Gasteiger partial charge is 0.385 e. The van der Waals surface area contributed by atoms with Crippen LogP contribution in [-0.4, -0.2) is 14.4 Å². The fraction of sp³-hybridized carbons (Fsp3) is 0.143. The van der Waals surface area contributed by atoms with Gasteiger partial charge in [-0.3, -0.25) is 0 Å². The Hall–Kier alpha value is -1.70. The summed E-state index contributed by atoms with van der Waals surface area (Å²) < 4.78 is 0. The monoisotopic (exact) mass is 207 g/mol. The average molecular weight is 207 g/mol. The molecule has 78 valence electrons. The second-order valence-corrected chi connectivity index (χ2v) is 3.76. The molecular formula is C14H14BN. The van der Waals surface area contributed by atoms with Crippen molar-refractivity contribution in [1.29, 1.82) is 0 Å². The lowest BCUT2D eigenvalue weighted by molar-refractivity contribution is 0.976. The first-order valence-corrected chi connectivity index (χ1v) is 5.46. The Labute approximate surface area is 97.9 Å². The minimum atomic E-state index is 0.0291. The maximum absolute atomic E-state index is 6.08. The van der Waals surface area contributed by atoms with E-state index in [1.165, 1.54) is 0 Å². The summed E-state index contributed by atoms with van der Waals surface area (Å²) in [6.45, 7) is 0.744. The van der Waals surface area contributed by atoms with Crippen molar-refractivity contribution < 1.29 is 0 Å². The van der Waals surface area contributed by atoms with Gasteiger partial charge in [0.15, 0.2) is 0 Å². The zero-order valence-corrected chi connectivity index (χ0v) is 9.14. The molecule has 0 aliphatic carbocycles. The lowest BCUT2D eigenvalue weighted by Crippen LogP contribution is -2.12. The van der Waals surface area contributed by atoms with Crippen molar-refractivity contribution >= 4 is 13.5 Å². The quantitative estimate of drug-likeness (QED) is 0.760. The molecule has 0 spiro atoms. The van der Waals surface area contributed by atoms with Gasteiger partial charge in [0, 0.05) is 12.2 Å². The lowest BCUT2D eigenvalue weighted by Gasteiger charge is -2.14. The number of hydrogen-bond acceptors (Lipinski definition) is 1. The minimum Gasteiger partial charge on any atom is -0.385 e. The molecule has 16 heavy (non-hydrogen) atoms. The van der Waals surface area contributed by atoms with Crippen LogP contribution < -0.4 is 5.32 Å². The van der Waals surface area contributed by atoms with E-state index in [1.807, 2.05) is 48.5 Å². The highest BCUT2D eigenvalue weighted by atomic mass is 14.9. The van der Waals surface area contributed by atoms with Crippen molar-refractivity contribution in [3.63, 3.8) is 0 Å². The maximum atomic E-state index is 6.08. The summed E-state index contributed by atoms with van der Waals surface area (Å²) in [5.41, 5.74) is 2.26. The van der Waals surface area contributed by atoms with E-state index in [1.54, 1.807) is 0 Å². The Kier molecular flexibility index (Phi) is 3.65. The highest BCUT2D eigenvalue weighted by Crippen LogP contribution is 2.13. The van der Waals surface area contributed by atoms with E-state index in [-0.39, 0.29) is 5.82 Å². The molecule has 2 aromatic rings. The Bertz CT molecular complexity index is 413. The smallest absolute Gasteiger partial charge is 0.0787 e. The molecule has 2 aromatic carbocycles. The summed E-state index contributed by atoms with van der Waals surface area (Å²) in [5.74, 6) is 0.0291. The molecule has 0 amide bonds. The van der Waals surface area contributed by atoms with Crippen LogP contribution in [0.4, 0.5) is 5.69 Å². The predicted molar refractivity (Wildman–Crippen MR) is 69.9 cm³/mol. The molecule has 0 bridgehead atoms. The number of hydrogen-bond donors (Lipinski definition) is 1. The molecule has 1 atom stereocenters. The molecule has 2 rings (SSSR count). The summed E-state index contributed by atoms with van der Waals surface area (Å²) in [7, 11) is 6.08. The zero-order chi connectivity index (χ0) is 11.2. The van der Waals surface area contributed by atoms with Gasteiger partial charge < -0.3 is 5.32 Å². The Morgan fingerprint density at radius 1 is 0.875 bits per heavy atom. The first kappa shape index (κ1) is 10.8. The Morgan fingerprint density at radius 2 is 1.44 bits per heavy atom. The van der Waals surface area contributed by atoms with Crippen molar-refractivity contribution in [3.05, 3.63) is 66.2 Å². The van der Waals surface area contributed by atoms with Crippen LogP contribution >= 0.6 is 0 Å². The molecule has 0 aliphatic rings. The number of para-hydroxylation sites is 1. The van der Waals surface area contributed by atoms with Crippen molar-refractivity contribution in [1.82, 2.24) is 0 Å². The minimum absolute atomic E-state index is 0.0291. The van der Waals surface area contributed by atoms with E-state index in [0.29, 0.717) is 0 Å². The van der Waals surface area contributed by atoms with Crippen molar-refractivity contribution in [2.75, 3.05) is 11.9 Å². The number of anilines is 1. The molecule has 0 saturated heterocycles. The van der Waals surface area contributed by atoms with Crippen LogP contribution in [0.5, 0.6) is 0 Å². The summed E-state index contributed by atoms with van der Waals surface area (Å²) in [6, 6.07) is 20.2. The van der Waals surface area contributed by atoms with Gasteiger partial charge in [-0.25, -0.2) is 0 Å². The zero-order valence-electron chi connectivity index (χ0n) is 9.14. The summed E-state index contributed by atoms with van der Waals surface area (Å²) >= 11 is 0. The van der Waals surface area contributed by atoms with Gasteiger partial charge in [0.05, 0.1) is 7.85 Å². The maximum Gasteiger partial charge on any atom is 0.0787 e. The predicted octanol–water partition coefficient (Wildman–Crippen LogP) is 3.01. The SMILES string of the molecule is [B]C(CNc1ccccc1)c1ccccc1. The van der Waals surface area contributed by atoms with Gasteiger partial charge in [-0.05, 0) is 17.9 Å². The number of rotatable bonds is 4. The Morgan fingerprint density at radius 3 is 2.06 bits per heavy atom. The second-order valence-electron chi connectivity index (χ2n) is 3.76. The van der Waals surface area contributed by atoms with Crippen molar-refractivity contribution in [2.45, 2.75) is 5.82 Å². The van der Waals surface area contributed by atoms with Gasteiger partial charge in [-0.15, -0.1) is 0 Å². The van der Waals surface area contributed by atoms with Gasteiger partial charge >= 0.3 is 0 Å². The van der Waals surface area contributed by atoms with E-state index in [4.69, 9.17) is 7.85 Å². The molecule has 0 heterocycles. The summed E-state index contributed by atoms with van der Waals surface area (Å²) in [4.78, 5) is 0. The van der Waals surface area contributed by atoms with Crippen LogP contribution in [0.25, 0.3) is 0 Å². The number of benzene rings is 2. The molecule has 1 unspecified atom stereocenters. The molecule has 0 aromatic heterocycles. The highest BCUT2D eigenvalue weighted by Gasteiger charge is 2.03. The molecular weight excluding hydrogens is 193 g/mol. The highest BCUT2D eigenvalue weighted by molar-refractivity contribution is 6.12. The van der Waals surface area contributed by atoms with E-state index in [0.717, 1.165) is 17.8 Å². The standard InChI is InChI=1S/C14H14BN/c15-14(12-7-3-1-4-8-12)11-16-13-9-5-2-6-10-13/h1-10,14,16H,11H2. The van der Waals surface area contributed by atoms with Crippen molar-refractivity contribution in [3.8, 4) is 0 Å². The fourth-order valence-electron chi connectivity index (χ4n) is 1.60. The van der Waals surface area contributed by atoms with Crippen LogP contribution in [0.2, 0.25) is 0 Å². The van der Waals surface area contributed by atoms with Crippen LogP contribution in [0, 0.1) is 0 Å². The molecule has 2 heteroatoms. The first-order chi connectivity index (χ1) is 7.86. The molecule has 0 aliphatic heterocycles. The third-order valence-electron chi connectivity index (χ3n) is 2.53. The van der Waals surface area contributed by atoms with Gasteiger partial charge in [0.1, 0.15) is 0 Å². The average Bonchev–Trinajstić information content (AvgIpc) is 2.38. The summed E-state index contributed by atoms with van der Waals surface area (Å²) in [6.07, 6.45) is 0. The van der Waals surface area contributed by atoms with Crippen molar-refractivity contribution in [2.24, 2.45) is 0 Å². The molecule has 2 radical (unpaired) electrons. The topological polar surface area (TPSA) is 12.0 Å². The van der Waals surface area contributed by atoms with Crippen LogP contribution in [0.1, 0.15) is 11.4 Å². The molecule has 1 N–H and O–H groups in total. The summed E-state index contributed by atoms with van der Waals surface area (Å²) in [5, 5.41) is 3.32. The molecule has 0 fully saturated rings. The van der Waals surface area contributed by atoms with Crippen LogP contribution in [0.15, 0.2) is 60.7 Å². The molecule has 0 saturated carbocycles. The van der Waals surface area contributed by atoms with Gasteiger partial charge in [0.25, 0.3) is 0 Å². The van der Waals surface area contributed by atoms with Gasteiger partial charge in [-0.1, -0.05) is 54.1 Å². The third-order valence-corrected chi connectivity index (χ3v) is 2.53. The van der Waals surface area contributed by atoms with E-state index in [9.17, 15) is 0 Å². The van der Waals surface area contributed by atoms with E-state index < -0.39 is 0 Å². The molecule has 1 nitrogen and oxygen atoms in total. The van der Waals surface area contributed by atoms with Gasteiger partial charge in [0.2, 0.25) is 0 Å². The fourth-order valence-corrected chi connectivity index (χ4v) is 1.60. The first-order valence-electron chi connectivity index (χ1n) is 5.46. The normalized spacial score (nSPS) is 12.0. The van der Waals surface area contributed by atoms with E-state index in [2.05, 4.69) is 17.4 Å². The lowest BCUT2D eigenvalue weighted by atomic mass is 9.81. The number of nitrogens with one attached hydrogen (secondary N) is 1. The van der Waals surface area contributed by atoms with Gasteiger partial charge in [-0.2, -0.15) is 0 Å². The van der Waals surface area contributed by atoms with Crippen LogP contribution in [0.3, 0.4) is 0 Å². The van der Waals surface area contributed by atoms with E-state index >= 15 is 0 Å². The second kappa shape index (κ2) is 5.41. The third kappa shape index (κ3) is 2.90.